The molecule has 136 valence electrons. The number of fused-ring (bicyclic) bond motifs is 1. The minimum Gasteiger partial charge on any atom is -0.504 e. The lowest BCUT2D eigenvalue weighted by molar-refractivity contribution is -0.131. The van der Waals surface area contributed by atoms with E-state index in [4.69, 9.17) is 9.84 Å². The third kappa shape index (κ3) is 6.60. The molecule has 0 bridgehead atoms. The van der Waals surface area contributed by atoms with Crippen LogP contribution in [0.2, 0.25) is 0 Å². The van der Waals surface area contributed by atoms with Crippen molar-refractivity contribution in [1.29, 1.82) is 0 Å². The van der Waals surface area contributed by atoms with Crippen LogP contribution in [0.25, 0.3) is 10.8 Å². The minimum absolute atomic E-state index is 0.848. The number of carboxylic acid groups (broad SMARTS) is 1. The second kappa shape index (κ2) is 10.3. The Morgan fingerprint density at radius 2 is 1.52 bits per heavy atom. The zero-order valence-electron chi connectivity index (χ0n) is 15.2. The lowest BCUT2D eigenvalue weighted by Crippen LogP contribution is -1.85. The maximum Gasteiger partial charge on any atom is 0.331 e. The van der Waals surface area contributed by atoms with Crippen molar-refractivity contribution in [3.8, 4) is 17.6 Å². The van der Waals surface area contributed by atoms with Crippen LogP contribution >= 0.6 is 0 Å². The smallest absolute Gasteiger partial charge is 0.331 e. The number of rotatable bonds is 3. The fourth-order valence-corrected chi connectivity index (χ4v) is 2.21. The number of methoxy groups -OCH3 is 2. The quantitative estimate of drug-likeness (QED) is 0.425. The molecule has 0 saturated carbocycles. The SMILES string of the molecule is COC=CC(=O)O.COc1ccc(C#Cc2ccc3ccccc3c2)cc1. The summed E-state index contributed by atoms with van der Waals surface area (Å²) in [6, 6.07) is 22.4. The van der Waals surface area contributed by atoms with Gasteiger partial charge in [0.2, 0.25) is 0 Å². The zero-order valence-corrected chi connectivity index (χ0v) is 15.2. The van der Waals surface area contributed by atoms with E-state index < -0.39 is 5.97 Å². The van der Waals surface area contributed by atoms with Crippen molar-refractivity contribution >= 4 is 16.7 Å². The van der Waals surface area contributed by atoms with Crippen LogP contribution in [-0.2, 0) is 9.53 Å². The maximum absolute atomic E-state index is 9.59. The van der Waals surface area contributed by atoms with Crippen molar-refractivity contribution in [1.82, 2.24) is 0 Å². The predicted octanol–water partition coefficient (Wildman–Crippen LogP) is 4.48. The number of ether oxygens (including phenoxy) is 2. The van der Waals surface area contributed by atoms with Gasteiger partial charge in [0.25, 0.3) is 0 Å². The summed E-state index contributed by atoms with van der Waals surface area (Å²) < 4.78 is 9.42. The van der Waals surface area contributed by atoms with Crippen LogP contribution in [-0.4, -0.2) is 25.3 Å². The molecule has 4 heteroatoms. The largest absolute Gasteiger partial charge is 0.504 e. The van der Waals surface area contributed by atoms with E-state index in [1.807, 2.05) is 36.4 Å². The van der Waals surface area contributed by atoms with Crippen molar-refractivity contribution in [2.45, 2.75) is 0 Å². The van der Waals surface area contributed by atoms with E-state index in [0.717, 1.165) is 29.2 Å². The Labute approximate surface area is 158 Å². The molecular weight excluding hydrogens is 340 g/mol. The predicted molar refractivity (Wildman–Crippen MR) is 107 cm³/mol. The van der Waals surface area contributed by atoms with Gasteiger partial charge in [-0.2, -0.15) is 0 Å². The molecule has 0 fully saturated rings. The van der Waals surface area contributed by atoms with Crippen molar-refractivity contribution in [2.75, 3.05) is 14.2 Å². The number of hydrogen-bond acceptors (Lipinski definition) is 3. The lowest BCUT2D eigenvalue weighted by Gasteiger charge is -1.98. The fourth-order valence-electron chi connectivity index (χ4n) is 2.21. The van der Waals surface area contributed by atoms with Gasteiger partial charge in [-0.05, 0) is 47.2 Å². The Morgan fingerprint density at radius 3 is 2.11 bits per heavy atom. The van der Waals surface area contributed by atoms with Crippen molar-refractivity contribution in [2.24, 2.45) is 0 Å². The summed E-state index contributed by atoms with van der Waals surface area (Å²) in [7, 11) is 3.05. The van der Waals surface area contributed by atoms with E-state index in [2.05, 4.69) is 46.9 Å². The topological polar surface area (TPSA) is 55.8 Å². The molecule has 1 N–H and O–H groups in total. The van der Waals surface area contributed by atoms with Gasteiger partial charge in [-0.15, -0.1) is 0 Å². The molecule has 3 aromatic rings. The average Bonchev–Trinajstić information content (AvgIpc) is 2.71. The first-order valence-corrected chi connectivity index (χ1v) is 8.19. The van der Waals surface area contributed by atoms with Crippen LogP contribution in [0.1, 0.15) is 11.1 Å². The van der Waals surface area contributed by atoms with Crippen molar-refractivity contribution in [3.05, 3.63) is 90.2 Å². The summed E-state index contributed by atoms with van der Waals surface area (Å²) in [5.41, 5.74) is 2.01. The number of carboxylic acids is 1. The molecule has 0 saturated heterocycles. The van der Waals surface area contributed by atoms with Gasteiger partial charge in [0.1, 0.15) is 5.75 Å². The molecule has 0 atom stereocenters. The highest BCUT2D eigenvalue weighted by atomic mass is 16.5. The Morgan fingerprint density at radius 1 is 0.889 bits per heavy atom. The Bertz CT molecular complexity index is 976. The summed E-state index contributed by atoms with van der Waals surface area (Å²) in [6.45, 7) is 0. The summed E-state index contributed by atoms with van der Waals surface area (Å²) in [6.07, 6.45) is 2.02. The fraction of sp³-hybridized carbons (Fsp3) is 0.0870. The third-order valence-corrected chi connectivity index (χ3v) is 3.54. The number of carbonyl (C=O) groups is 1. The molecule has 0 amide bonds. The molecule has 0 heterocycles. The molecule has 0 spiro atoms. The number of hydrogen-bond donors (Lipinski definition) is 1. The van der Waals surface area contributed by atoms with Crippen molar-refractivity contribution in [3.63, 3.8) is 0 Å². The summed E-state index contributed by atoms with van der Waals surface area (Å²) in [4.78, 5) is 9.59. The van der Waals surface area contributed by atoms with Crippen LogP contribution in [0, 0.1) is 11.8 Å². The first-order chi connectivity index (χ1) is 13.1. The Kier molecular flexibility index (Phi) is 7.50. The monoisotopic (exact) mass is 360 g/mol. The van der Waals surface area contributed by atoms with Gasteiger partial charge in [-0.1, -0.05) is 42.2 Å². The average molecular weight is 360 g/mol. The molecule has 3 rings (SSSR count). The molecule has 0 aliphatic rings. The van der Waals surface area contributed by atoms with E-state index in [1.54, 1.807) is 7.11 Å². The van der Waals surface area contributed by atoms with Gasteiger partial charge in [0, 0.05) is 11.1 Å². The molecule has 3 aromatic carbocycles. The van der Waals surface area contributed by atoms with Gasteiger partial charge in [0.15, 0.2) is 0 Å². The number of benzene rings is 3. The molecule has 4 nitrogen and oxygen atoms in total. The van der Waals surface area contributed by atoms with Crippen LogP contribution in [0.4, 0.5) is 0 Å². The molecular formula is C23H20O4. The third-order valence-electron chi connectivity index (χ3n) is 3.54. The van der Waals surface area contributed by atoms with Gasteiger partial charge in [-0.25, -0.2) is 4.79 Å². The minimum atomic E-state index is -0.998. The van der Waals surface area contributed by atoms with E-state index in [0.29, 0.717) is 0 Å². The normalized spacial score (nSPS) is 9.70. The molecule has 0 aliphatic carbocycles. The van der Waals surface area contributed by atoms with Gasteiger partial charge in [-0.3, -0.25) is 0 Å². The maximum atomic E-state index is 9.59. The van der Waals surface area contributed by atoms with E-state index in [9.17, 15) is 4.79 Å². The second-order valence-electron chi connectivity index (χ2n) is 5.42. The highest BCUT2D eigenvalue weighted by Crippen LogP contribution is 2.15. The van der Waals surface area contributed by atoms with E-state index in [-0.39, 0.29) is 0 Å². The Balaban J connectivity index is 0.000000321. The Hall–Kier alpha value is -3.71. The first-order valence-electron chi connectivity index (χ1n) is 8.19. The standard InChI is InChI=1S/C19H14O.C4H6O3/c1-20-19-12-9-15(10-13-19)6-7-16-8-11-17-4-2-3-5-18(17)14-16;1-7-3-2-4(5)6/h2-5,8-14H,1H3;2-3H,1H3,(H,5,6). The molecule has 0 aliphatic heterocycles. The summed E-state index contributed by atoms with van der Waals surface area (Å²) >= 11 is 0. The lowest BCUT2D eigenvalue weighted by atomic mass is 10.1. The molecule has 0 unspecified atom stereocenters. The second-order valence-corrected chi connectivity index (χ2v) is 5.42. The first kappa shape index (κ1) is 19.6. The molecule has 0 radical (unpaired) electrons. The summed E-state index contributed by atoms with van der Waals surface area (Å²) in [5.74, 6) is 6.22. The van der Waals surface area contributed by atoms with E-state index >= 15 is 0 Å². The van der Waals surface area contributed by atoms with Gasteiger partial charge < -0.3 is 14.6 Å². The van der Waals surface area contributed by atoms with Gasteiger partial charge >= 0.3 is 5.97 Å². The van der Waals surface area contributed by atoms with Crippen LogP contribution < -0.4 is 4.74 Å². The molecule has 27 heavy (non-hydrogen) atoms. The van der Waals surface area contributed by atoms with Crippen LogP contribution in [0.5, 0.6) is 5.75 Å². The highest BCUT2D eigenvalue weighted by Gasteiger charge is 1.93. The molecule has 0 aromatic heterocycles. The number of aliphatic carboxylic acids is 1. The summed E-state index contributed by atoms with van der Waals surface area (Å²) in [5, 5.41) is 10.3. The van der Waals surface area contributed by atoms with Crippen LogP contribution in [0.15, 0.2) is 79.1 Å². The van der Waals surface area contributed by atoms with E-state index in [1.165, 1.54) is 17.9 Å². The van der Waals surface area contributed by atoms with Crippen molar-refractivity contribution < 1.29 is 19.4 Å². The highest BCUT2D eigenvalue weighted by molar-refractivity contribution is 5.83. The van der Waals surface area contributed by atoms with Gasteiger partial charge in [0.05, 0.1) is 26.6 Å². The van der Waals surface area contributed by atoms with Crippen LogP contribution in [0.3, 0.4) is 0 Å². The zero-order chi connectivity index (χ0) is 19.5.